The molecule has 1 aromatic carbocycles. The van der Waals surface area contributed by atoms with Gasteiger partial charge >= 0.3 is 0 Å². The third-order valence-electron chi connectivity index (χ3n) is 6.39. The highest BCUT2D eigenvalue weighted by molar-refractivity contribution is 7.15. The van der Waals surface area contributed by atoms with E-state index < -0.39 is 0 Å². The first kappa shape index (κ1) is 27.1. The topological polar surface area (TPSA) is 0 Å². The molecule has 0 saturated carbocycles. The first-order valence-corrected chi connectivity index (χ1v) is 13.5. The minimum absolute atomic E-state index is 0.887. The zero-order chi connectivity index (χ0) is 24.2. The number of hydrogen-bond acceptors (Lipinski definition) is 1. The highest BCUT2D eigenvalue weighted by Gasteiger charge is 2.08. The zero-order valence-electron chi connectivity index (χ0n) is 21.7. The Labute approximate surface area is 207 Å². The van der Waals surface area contributed by atoms with Crippen LogP contribution in [-0.2, 0) is 12.8 Å². The van der Waals surface area contributed by atoms with Crippen molar-refractivity contribution in [2.75, 3.05) is 0 Å². The molecule has 1 heteroatoms. The molecule has 2 rings (SSSR count). The van der Waals surface area contributed by atoms with Crippen LogP contribution in [0.1, 0.15) is 82.2 Å². The molecule has 0 aliphatic carbocycles. The second-order valence-corrected chi connectivity index (χ2v) is 10.9. The van der Waals surface area contributed by atoms with Crippen molar-refractivity contribution in [3.8, 4) is 10.4 Å². The van der Waals surface area contributed by atoms with Crippen molar-refractivity contribution in [2.45, 2.75) is 86.0 Å². The molecular weight excluding hydrogens is 416 g/mol. The molecule has 0 amide bonds. The second kappa shape index (κ2) is 14.2. The summed E-state index contributed by atoms with van der Waals surface area (Å²) in [5, 5.41) is 0. The normalized spacial score (nSPS) is 12.9. The van der Waals surface area contributed by atoms with Gasteiger partial charge in [-0.1, -0.05) is 95.0 Å². The molecule has 0 aliphatic heterocycles. The van der Waals surface area contributed by atoms with E-state index in [1.165, 1.54) is 82.5 Å². The predicted octanol–water partition coefficient (Wildman–Crippen LogP) is 10.4. The van der Waals surface area contributed by atoms with Gasteiger partial charge in [0, 0.05) is 9.75 Å². The van der Waals surface area contributed by atoms with Crippen LogP contribution >= 0.6 is 11.3 Å². The Morgan fingerprint density at radius 1 is 1.03 bits per heavy atom. The van der Waals surface area contributed by atoms with Crippen LogP contribution in [0.2, 0.25) is 0 Å². The Hall–Kier alpha value is -2.12. The van der Waals surface area contributed by atoms with Crippen LogP contribution in [0.15, 0.2) is 78.4 Å². The summed E-state index contributed by atoms with van der Waals surface area (Å²) in [7, 11) is 0. The summed E-state index contributed by atoms with van der Waals surface area (Å²) >= 11 is 1.96. The van der Waals surface area contributed by atoms with Crippen molar-refractivity contribution < 1.29 is 0 Å². The van der Waals surface area contributed by atoms with E-state index in [2.05, 4.69) is 83.3 Å². The summed E-state index contributed by atoms with van der Waals surface area (Å²) < 4.78 is 0. The molecule has 178 valence electrons. The molecule has 1 unspecified atom stereocenters. The van der Waals surface area contributed by atoms with Crippen molar-refractivity contribution in [3.05, 3.63) is 94.4 Å². The standard InChI is InChI=1S/C32H44S/c1-8-13-25(4)15-10-9-11-17-31-20-21-32(33-31)29-19-18-27(6)30(23-29)22-28(7)26(5)16-12-14-24(2)3/h12,14,16,18-21,23,25H,2,7-11,13,15,17,22H2,1,3-6H3/b14-12-,26-16+. The maximum atomic E-state index is 4.34. The summed E-state index contributed by atoms with van der Waals surface area (Å²) in [4.78, 5) is 2.89. The lowest BCUT2D eigenvalue weighted by molar-refractivity contribution is 0.456. The fraction of sp³-hybridized carbons (Fsp3) is 0.438. The Morgan fingerprint density at radius 2 is 1.82 bits per heavy atom. The summed E-state index contributed by atoms with van der Waals surface area (Å²) in [6.45, 7) is 19.3. The summed E-state index contributed by atoms with van der Waals surface area (Å²) in [5.74, 6) is 0.891. The molecule has 1 atom stereocenters. The predicted molar refractivity (Wildman–Crippen MR) is 151 cm³/mol. The SMILES string of the molecule is C=C(C)/C=C\C=C(/C)C(=C)Cc1cc(-c2ccc(CCCCCC(C)CCC)s2)ccc1C. The van der Waals surface area contributed by atoms with Gasteiger partial charge in [-0.05, 0) is 92.0 Å². The monoisotopic (exact) mass is 460 g/mol. The quantitative estimate of drug-likeness (QED) is 0.194. The van der Waals surface area contributed by atoms with Crippen LogP contribution in [0.25, 0.3) is 10.4 Å². The van der Waals surface area contributed by atoms with Gasteiger partial charge in [-0.3, -0.25) is 0 Å². The molecule has 2 aromatic rings. The maximum Gasteiger partial charge on any atom is 0.0345 e. The molecule has 0 aliphatic rings. The molecule has 0 N–H and O–H groups in total. The minimum atomic E-state index is 0.887. The van der Waals surface area contributed by atoms with Gasteiger partial charge in [0.05, 0.1) is 0 Å². The Balaban J connectivity index is 1.95. The van der Waals surface area contributed by atoms with Gasteiger partial charge in [-0.2, -0.15) is 0 Å². The molecule has 0 nitrogen and oxygen atoms in total. The summed E-state index contributed by atoms with van der Waals surface area (Å²) in [6, 6.07) is 11.5. The van der Waals surface area contributed by atoms with Gasteiger partial charge < -0.3 is 0 Å². The van der Waals surface area contributed by atoms with Gasteiger partial charge in [0.25, 0.3) is 0 Å². The van der Waals surface area contributed by atoms with Crippen molar-refractivity contribution in [1.82, 2.24) is 0 Å². The van der Waals surface area contributed by atoms with Gasteiger partial charge in [0.1, 0.15) is 0 Å². The van der Waals surface area contributed by atoms with E-state index in [0.717, 1.165) is 17.9 Å². The average molecular weight is 461 g/mol. The molecule has 1 aromatic heterocycles. The zero-order valence-corrected chi connectivity index (χ0v) is 22.5. The fourth-order valence-corrected chi connectivity index (χ4v) is 5.18. The number of aryl methyl sites for hydroxylation is 2. The van der Waals surface area contributed by atoms with Gasteiger partial charge in [-0.25, -0.2) is 0 Å². The van der Waals surface area contributed by atoms with Crippen LogP contribution in [0.5, 0.6) is 0 Å². The molecule has 0 spiro atoms. The van der Waals surface area contributed by atoms with E-state index in [1.54, 1.807) is 0 Å². The third-order valence-corrected chi connectivity index (χ3v) is 7.58. The Kier molecular flexibility index (Phi) is 11.7. The number of rotatable bonds is 14. The largest absolute Gasteiger partial charge is 0.140 e. The third kappa shape index (κ3) is 9.72. The van der Waals surface area contributed by atoms with E-state index in [4.69, 9.17) is 0 Å². The van der Waals surface area contributed by atoms with Crippen molar-refractivity contribution in [1.29, 1.82) is 0 Å². The highest BCUT2D eigenvalue weighted by Crippen LogP contribution is 2.31. The first-order chi connectivity index (χ1) is 15.8. The van der Waals surface area contributed by atoms with E-state index in [9.17, 15) is 0 Å². The molecular formula is C32H44S. The lowest BCUT2D eigenvalue weighted by Gasteiger charge is -2.11. The number of unbranched alkanes of at least 4 members (excludes halogenated alkanes) is 2. The Bertz CT molecular complexity index is 966. The first-order valence-electron chi connectivity index (χ1n) is 12.7. The van der Waals surface area contributed by atoms with Crippen molar-refractivity contribution in [3.63, 3.8) is 0 Å². The molecule has 0 saturated heterocycles. The lowest BCUT2D eigenvalue weighted by Crippen LogP contribution is -1.95. The number of benzene rings is 1. The van der Waals surface area contributed by atoms with Crippen LogP contribution in [-0.4, -0.2) is 0 Å². The van der Waals surface area contributed by atoms with Crippen LogP contribution in [0.4, 0.5) is 0 Å². The molecule has 33 heavy (non-hydrogen) atoms. The van der Waals surface area contributed by atoms with E-state index in [0.29, 0.717) is 0 Å². The molecule has 0 radical (unpaired) electrons. The number of allylic oxidation sites excluding steroid dienone is 6. The average Bonchev–Trinajstić information content (AvgIpc) is 3.23. The van der Waals surface area contributed by atoms with Crippen LogP contribution in [0.3, 0.4) is 0 Å². The van der Waals surface area contributed by atoms with Crippen molar-refractivity contribution >= 4 is 11.3 Å². The van der Waals surface area contributed by atoms with Crippen LogP contribution in [0, 0.1) is 12.8 Å². The number of hydrogen-bond donors (Lipinski definition) is 0. The van der Waals surface area contributed by atoms with E-state index in [-0.39, 0.29) is 0 Å². The molecule has 0 fully saturated rings. The minimum Gasteiger partial charge on any atom is -0.140 e. The van der Waals surface area contributed by atoms with E-state index in [1.807, 2.05) is 24.3 Å². The van der Waals surface area contributed by atoms with Crippen molar-refractivity contribution in [2.24, 2.45) is 5.92 Å². The van der Waals surface area contributed by atoms with E-state index >= 15 is 0 Å². The lowest BCUT2D eigenvalue weighted by atomic mass is 9.95. The highest BCUT2D eigenvalue weighted by atomic mass is 32.1. The fourth-order valence-electron chi connectivity index (χ4n) is 4.13. The molecule has 0 bridgehead atoms. The summed E-state index contributed by atoms with van der Waals surface area (Å²) in [6.07, 6.45) is 16.4. The Morgan fingerprint density at radius 3 is 2.55 bits per heavy atom. The van der Waals surface area contributed by atoms with Gasteiger partial charge in [-0.15, -0.1) is 11.3 Å². The smallest absolute Gasteiger partial charge is 0.0345 e. The molecule has 1 heterocycles. The summed E-state index contributed by atoms with van der Waals surface area (Å²) in [5.41, 5.74) is 7.48. The second-order valence-electron chi connectivity index (χ2n) is 9.74. The van der Waals surface area contributed by atoms with Gasteiger partial charge in [0.2, 0.25) is 0 Å². The van der Waals surface area contributed by atoms with Gasteiger partial charge in [0.15, 0.2) is 0 Å². The number of thiophene rings is 1. The maximum absolute atomic E-state index is 4.34. The van der Waals surface area contributed by atoms with Crippen LogP contribution < -0.4 is 0 Å².